The predicted molar refractivity (Wildman–Crippen MR) is 61.9 cm³/mol. The molecular formula is C11H13F2NO4S. The average Bonchev–Trinajstić information content (AvgIpc) is 2.81. The summed E-state index contributed by atoms with van der Waals surface area (Å²) in [5.74, 6) is -1.96. The highest BCUT2D eigenvalue weighted by Gasteiger charge is 2.28. The number of rotatable bonds is 4. The number of benzene rings is 1. The Morgan fingerprint density at radius 1 is 1.32 bits per heavy atom. The number of likely N-dealkylation sites (N-methyl/N-ethyl adjacent to an activating group) is 1. The summed E-state index contributed by atoms with van der Waals surface area (Å²) in [5.41, 5.74) is 0. The Balaban J connectivity index is 2.20. The Bertz CT molecular complexity index is 558. The summed E-state index contributed by atoms with van der Waals surface area (Å²) >= 11 is 0. The van der Waals surface area contributed by atoms with E-state index in [1.54, 1.807) is 0 Å². The van der Waals surface area contributed by atoms with Crippen molar-refractivity contribution in [3.8, 4) is 0 Å². The van der Waals surface area contributed by atoms with Gasteiger partial charge in [-0.25, -0.2) is 17.2 Å². The predicted octanol–water partition coefficient (Wildman–Crippen LogP) is 0.958. The van der Waals surface area contributed by atoms with Gasteiger partial charge in [-0.2, -0.15) is 4.31 Å². The Morgan fingerprint density at radius 2 is 1.95 bits per heavy atom. The maximum atomic E-state index is 13.5. The zero-order chi connectivity index (χ0) is 14.0. The highest BCUT2D eigenvalue weighted by Crippen LogP contribution is 2.20. The van der Waals surface area contributed by atoms with Crippen LogP contribution in [0.1, 0.15) is 0 Å². The van der Waals surface area contributed by atoms with Crippen molar-refractivity contribution in [1.29, 1.82) is 0 Å². The SMILES string of the molecule is CN(CC1OCCO1)S(=O)(=O)c1ccc(F)cc1F. The molecule has 0 unspecified atom stereocenters. The first kappa shape index (κ1) is 14.3. The molecule has 0 bridgehead atoms. The van der Waals surface area contributed by atoms with E-state index in [1.165, 1.54) is 7.05 Å². The van der Waals surface area contributed by atoms with Crippen molar-refractivity contribution in [3.63, 3.8) is 0 Å². The van der Waals surface area contributed by atoms with Gasteiger partial charge in [-0.05, 0) is 12.1 Å². The maximum absolute atomic E-state index is 13.5. The average molecular weight is 293 g/mol. The van der Waals surface area contributed by atoms with Crippen molar-refractivity contribution in [3.05, 3.63) is 29.8 Å². The van der Waals surface area contributed by atoms with Gasteiger partial charge in [0.2, 0.25) is 10.0 Å². The van der Waals surface area contributed by atoms with Gasteiger partial charge in [0.25, 0.3) is 0 Å². The van der Waals surface area contributed by atoms with Gasteiger partial charge in [-0.15, -0.1) is 0 Å². The summed E-state index contributed by atoms with van der Waals surface area (Å²) in [6, 6.07) is 2.32. The summed E-state index contributed by atoms with van der Waals surface area (Å²) in [6.07, 6.45) is -0.664. The van der Waals surface area contributed by atoms with Gasteiger partial charge in [-0.1, -0.05) is 0 Å². The first-order valence-electron chi connectivity index (χ1n) is 5.56. The summed E-state index contributed by atoms with van der Waals surface area (Å²) < 4.78 is 61.7. The molecule has 0 spiro atoms. The second kappa shape index (κ2) is 5.49. The van der Waals surface area contributed by atoms with Crippen LogP contribution in [0.25, 0.3) is 0 Å². The molecule has 106 valence electrons. The third kappa shape index (κ3) is 3.08. The van der Waals surface area contributed by atoms with Crippen molar-refractivity contribution in [2.45, 2.75) is 11.2 Å². The van der Waals surface area contributed by atoms with Crippen LogP contribution >= 0.6 is 0 Å². The third-order valence-corrected chi connectivity index (χ3v) is 4.54. The molecule has 5 nitrogen and oxygen atoms in total. The molecule has 0 N–H and O–H groups in total. The van der Waals surface area contributed by atoms with Crippen LogP contribution in [0.3, 0.4) is 0 Å². The van der Waals surface area contributed by atoms with Gasteiger partial charge >= 0.3 is 0 Å². The van der Waals surface area contributed by atoms with Gasteiger partial charge in [-0.3, -0.25) is 0 Å². The van der Waals surface area contributed by atoms with Crippen molar-refractivity contribution in [1.82, 2.24) is 4.31 Å². The molecule has 0 aromatic heterocycles. The highest BCUT2D eigenvalue weighted by atomic mass is 32.2. The van der Waals surface area contributed by atoms with E-state index in [0.29, 0.717) is 19.3 Å². The zero-order valence-corrected chi connectivity index (χ0v) is 11.0. The minimum atomic E-state index is -4.04. The molecule has 19 heavy (non-hydrogen) atoms. The first-order chi connectivity index (χ1) is 8.91. The van der Waals surface area contributed by atoms with E-state index >= 15 is 0 Å². The largest absolute Gasteiger partial charge is 0.349 e. The standard InChI is InChI=1S/C11H13F2NO4S/c1-14(7-11-17-4-5-18-11)19(15,16)10-3-2-8(12)6-9(10)13/h2-3,6,11H,4-5,7H2,1H3. The zero-order valence-electron chi connectivity index (χ0n) is 10.2. The summed E-state index contributed by atoms with van der Waals surface area (Å²) in [7, 11) is -2.76. The highest BCUT2D eigenvalue weighted by molar-refractivity contribution is 7.89. The van der Waals surface area contributed by atoms with E-state index < -0.39 is 32.8 Å². The molecule has 0 saturated carbocycles. The van der Waals surface area contributed by atoms with Gasteiger partial charge in [0.1, 0.15) is 16.5 Å². The van der Waals surface area contributed by atoms with Crippen LogP contribution in [-0.2, 0) is 19.5 Å². The first-order valence-corrected chi connectivity index (χ1v) is 7.00. The molecule has 1 aliphatic rings. The quantitative estimate of drug-likeness (QED) is 0.829. The Kier molecular flexibility index (Phi) is 4.14. The summed E-state index contributed by atoms with van der Waals surface area (Å²) in [4.78, 5) is -0.575. The number of hydrogen-bond acceptors (Lipinski definition) is 4. The van der Waals surface area contributed by atoms with Gasteiger partial charge in [0.05, 0.1) is 19.8 Å². The molecular weight excluding hydrogens is 280 g/mol. The molecule has 1 aromatic rings. The Hall–Kier alpha value is -1.09. The molecule has 1 aromatic carbocycles. The normalized spacial score (nSPS) is 17.3. The monoisotopic (exact) mass is 293 g/mol. The molecule has 0 radical (unpaired) electrons. The lowest BCUT2D eigenvalue weighted by Crippen LogP contribution is -2.35. The second-order valence-electron chi connectivity index (χ2n) is 4.03. The van der Waals surface area contributed by atoms with Crippen molar-refractivity contribution < 1.29 is 26.7 Å². The van der Waals surface area contributed by atoms with Crippen LogP contribution in [0.5, 0.6) is 0 Å². The minimum Gasteiger partial charge on any atom is -0.349 e. The van der Waals surface area contributed by atoms with Gasteiger partial charge in [0, 0.05) is 13.1 Å². The van der Waals surface area contributed by atoms with E-state index in [4.69, 9.17) is 9.47 Å². The Morgan fingerprint density at radius 3 is 2.53 bits per heavy atom. The number of sulfonamides is 1. The lowest BCUT2D eigenvalue weighted by molar-refractivity contribution is -0.0482. The number of nitrogens with zero attached hydrogens (tertiary/aromatic N) is 1. The fourth-order valence-corrected chi connectivity index (χ4v) is 2.87. The molecule has 0 amide bonds. The van der Waals surface area contributed by atoms with Crippen LogP contribution in [-0.4, -0.2) is 45.8 Å². The van der Waals surface area contributed by atoms with Crippen LogP contribution in [0.2, 0.25) is 0 Å². The molecule has 2 rings (SSSR count). The lowest BCUT2D eigenvalue weighted by atomic mass is 10.3. The minimum absolute atomic E-state index is 0.0564. The van der Waals surface area contributed by atoms with Gasteiger partial charge < -0.3 is 9.47 Å². The summed E-state index contributed by atoms with van der Waals surface area (Å²) in [6.45, 7) is 0.728. The van der Waals surface area contributed by atoms with Crippen molar-refractivity contribution in [2.24, 2.45) is 0 Å². The maximum Gasteiger partial charge on any atom is 0.245 e. The van der Waals surface area contributed by atoms with E-state index in [2.05, 4.69) is 0 Å². The van der Waals surface area contributed by atoms with Gasteiger partial charge in [0.15, 0.2) is 6.29 Å². The van der Waals surface area contributed by atoms with E-state index in [1.807, 2.05) is 0 Å². The Labute approximate surface area is 109 Å². The fourth-order valence-electron chi connectivity index (χ4n) is 1.67. The van der Waals surface area contributed by atoms with Crippen molar-refractivity contribution in [2.75, 3.05) is 26.8 Å². The number of ether oxygens (including phenoxy) is 2. The topological polar surface area (TPSA) is 55.8 Å². The van der Waals surface area contributed by atoms with Crippen LogP contribution in [0.15, 0.2) is 23.1 Å². The second-order valence-corrected chi connectivity index (χ2v) is 6.04. The molecule has 0 aliphatic carbocycles. The molecule has 0 atom stereocenters. The molecule has 1 fully saturated rings. The smallest absolute Gasteiger partial charge is 0.245 e. The molecule has 1 saturated heterocycles. The molecule has 8 heteroatoms. The molecule has 1 aliphatic heterocycles. The van der Waals surface area contributed by atoms with Crippen molar-refractivity contribution >= 4 is 10.0 Å². The fraction of sp³-hybridized carbons (Fsp3) is 0.455. The van der Waals surface area contributed by atoms with E-state index in [0.717, 1.165) is 16.4 Å². The van der Waals surface area contributed by atoms with Crippen LogP contribution in [0.4, 0.5) is 8.78 Å². The van der Waals surface area contributed by atoms with Crippen LogP contribution in [0, 0.1) is 11.6 Å². The number of hydrogen-bond donors (Lipinski definition) is 0. The third-order valence-electron chi connectivity index (χ3n) is 2.68. The van der Waals surface area contributed by atoms with Crippen LogP contribution < -0.4 is 0 Å². The summed E-state index contributed by atoms with van der Waals surface area (Å²) in [5, 5.41) is 0. The molecule has 1 heterocycles. The van der Waals surface area contributed by atoms with E-state index in [-0.39, 0.29) is 6.54 Å². The van der Waals surface area contributed by atoms with E-state index in [9.17, 15) is 17.2 Å². The lowest BCUT2D eigenvalue weighted by Gasteiger charge is -2.20. The number of halogens is 2.